The number of halogens is 18. The summed E-state index contributed by atoms with van der Waals surface area (Å²) in [6, 6.07) is 0. The molecule has 0 spiro atoms. The van der Waals surface area contributed by atoms with E-state index in [9.17, 15) is 83.8 Å². The van der Waals surface area contributed by atoms with Gasteiger partial charge in [0.05, 0.1) is 0 Å². The number of hydrogen-bond donors (Lipinski definition) is 1. The highest BCUT2D eigenvalue weighted by molar-refractivity contribution is 5.87. The van der Waals surface area contributed by atoms with Gasteiger partial charge in [0.25, 0.3) is 0 Å². The van der Waals surface area contributed by atoms with Crippen LogP contribution < -0.4 is 0 Å². The van der Waals surface area contributed by atoms with Crippen molar-refractivity contribution in [1.82, 2.24) is 0 Å². The van der Waals surface area contributed by atoms with Crippen LogP contribution in [0.2, 0.25) is 0 Å². The highest BCUT2D eigenvalue weighted by Crippen LogP contribution is 2.64. The molecule has 0 saturated carbocycles. The minimum atomic E-state index is -8.96. The van der Waals surface area contributed by atoms with Crippen molar-refractivity contribution in [3.05, 3.63) is 12.2 Å². The summed E-state index contributed by atoms with van der Waals surface area (Å²) >= 11 is 0. The van der Waals surface area contributed by atoms with Crippen molar-refractivity contribution in [3.63, 3.8) is 0 Å². The molecule has 0 radical (unpaired) electrons. The average Bonchev–Trinajstić information content (AvgIpc) is 2.58. The van der Waals surface area contributed by atoms with Gasteiger partial charge in [-0.15, -0.1) is 0 Å². The molecular formula is C13H6F18O3. The van der Waals surface area contributed by atoms with Gasteiger partial charge in [-0.25, -0.2) is 4.79 Å². The highest BCUT2D eigenvalue weighted by atomic mass is 19.4. The number of ether oxygens (including phenoxy) is 1. The molecule has 202 valence electrons. The molecule has 21 heteroatoms. The van der Waals surface area contributed by atoms with Gasteiger partial charge in [0.1, 0.15) is 0 Å². The second kappa shape index (κ2) is 7.97. The Balaban J connectivity index is 7.14. The van der Waals surface area contributed by atoms with Crippen molar-refractivity contribution in [2.75, 3.05) is 0 Å². The SMILES string of the molecule is C=C(C)C(=O)OC(F)(C(O)(F)F)C(F)(F)C(F)(F)C(F)(F)C(F)(F)C(F)(F)C(F)(F)C(F)(F)F. The minimum Gasteiger partial charge on any atom is -0.411 e. The summed E-state index contributed by atoms with van der Waals surface area (Å²) in [7, 11) is 0. The molecule has 1 atom stereocenters. The van der Waals surface area contributed by atoms with Gasteiger partial charge in [0.15, 0.2) is 0 Å². The number of alkyl halides is 18. The first-order chi connectivity index (χ1) is 14.3. The Morgan fingerprint density at radius 3 is 1.09 bits per heavy atom. The van der Waals surface area contributed by atoms with Crippen molar-refractivity contribution in [1.29, 1.82) is 0 Å². The van der Waals surface area contributed by atoms with E-state index in [1.807, 2.05) is 0 Å². The molecule has 1 N–H and O–H groups in total. The van der Waals surface area contributed by atoms with Crippen LogP contribution in [0.15, 0.2) is 12.2 Å². The summed E-state index contributed by atoms with van der Waals surface area (Å²) < 4.78 is 238. The second-order valence-electron chi connectivity index (χ2n) is 6.25. The lowest BCUT2D eigenvalue weighted by Gasteiger charge is -2.44. The summed E-state index contributed by atoms with van der Waals surface area (Å²) in [6.07, 6.45) is -15.2. The third kappa shape index (κ3) is 4.01. The zero-order valence-corrected chi connectivity index (χ0v) is 15.3. The van der Waals surface area contributed by atoms with Crippen LogP contribution in [0.3, 0.4) is 0 Å². The first kappa shape index (κ1) is 31.9. The van der Waals surface area contributed by atoms with Crippen LogP contribution in [0.1, 0.15) is 6.92 Å². The van der Waals surface area contributed by atoms with Crippen molar-refractivity contribution in [2.24, 2.45) is 0 Å². The Kier molecular flexibility index (Phi) is 7.48. The molecular weight excluding hydrogens is 546 g/mol. The minimum absolute atomic E-state index is 0.247. The molecule has 0 amide bonds. The Morgan fingerprint density at radius 2 is 0.853 bits per heavy atom. The third-order valence-electron chi connectivity index (χ3n) is 3.70. The van der Waals surface area contributed by atoms with E-state index < -0.39 is 65.2 Å². The Labute approximate surface area is 173 Å². The van der Waals surface area contributed by atoms with Crippen molar-refractivity contribution >= 4 is 5.97 Å². The van der Waals surface area contributed by atoms with Crippen LogP contribution in [-0.2, 0) is 9.53 Å². The van der Waals surface area contributed by atoms with Crippen LogP contribution in [0.25, 0.3) is 0 Å². The van der Waals surface area contributed by atoms with Gasteiger partial charge in [0, 0.05) is 5.57 Å². The maximum Gasteiger partial charge on any atom is 0.460 e. The van der Waals surface area contributed by atoms with E-state index in [1.165, 1.54) is 0 Å². The standard InChI is InChI=1S/C13H6F18O3/c1-3(2)4(32)34-11(26,13(30,31)33)9(22,23)7(18,19)5(14,15)6(16,17)8(20,21)10(24,25)12(27,28)29/h33H,1H2,2H3. The largest absolute Gasteiger partial charge is 0.460 e. The first-order valence-electron chi connectivity index (χ1n) is 7.34. The Bertz CT molecular complexity index is 807. The number of hydrogen-bond acceptors (Lipinski definition) is 3. The van der Waals surface area contributed by atoms with Crippen LogP contribution in [0.5, 0.6) is 0 Å². The summed E-state index contributed by atoms with van der Waals surface area (Å²) in [4.78, 5) is 11.0. The second-order valence-corrected chi connectivity index (χ2v) is 6.25. The number of aliphatic hydroxyl groups is 1. The zero-order chi connectivity index (χ0) is 28.4. The van der Waals surface area contributed by atoms with Crippen molar-refractivity contribution in [3.8, 4) is 0 Å². The molecule has 1 unspecified atom stereocenters. The summed E-state index contributed by atoms with van der Waals surface area (Å²) in [5.41, 5.74) is -1.50. The monoisotopic (exact) mass is 552 g/mol. The van der Waals surface area contributed by atoms with E-state index in [1.54, 1.807) is 0 Å². The predicted octanol–water partition coefficient (Wildman–Crippen LogP) is 5.73. The maximum absolute atomic E-state index is 14.0. The highest BCUT2D eigenvalue weighted by Gasteiger charge is 2.97. The number of rotatable bonds is 9. The van der Waals surface area contributed by atoms with Crippen LogP contribution >= 0.6 is 0 Å². The van der Waals surface area contributed by atoms with E-state index >= 15 is 0 Å². The normalized spacial score (nSPS) is 17.3. The molecule has 0 fully saturated rings. The molecule has 0 heterocycles. The molecule has 0 bridgehead atoms. The Hall–Kier alpha value is -2.09. The van der Waals surface area contributed by atoms with E-state index in [-0.39, 0.29) is 6.92 Å². The molecule has 0 aromatic carbocycles. The first-order valence-corrected chi connectivity index (χ1v) is 7.34. The Morgan fingerprint density at radius 1 is 0.588 bits per heavy atom. The van der Waals surface area contributed by atoms with Crippen LogP contribution in [0.4, 0.5) is 79.0 Å². The van der Waals surface area contributed by atoms with E-state index in [0.29, 0.717) is 0 Å². The van der Waals surface area contributed by atoms with Gasteiger partial charge < -0.3 is 9.84 Å². The maximum atomic E-state index is 14.0. The topological polar surface area (TPSA) is 46.5 Å². The number of carbonyl (C=O) groups excluding carboxylic acids is 1. The quantitative estimate of drug-likeness (QED) is 0.226. The third-order valence-corrected chi connectivity index (χ3v) is 3.70. The lowest BCUT2D eigenvalue weighted by molar-refractivity contribution is -0.487. The summed E-state index contributed by atoms with van der Waals surface area (Å²) in [5.74, 6) is -62.8. The van der Waals surface area contributed by atoms with Gasteiger partial charge in [-0.2, -0.15) is 79.0 Å². The van der Waals surface area contributed by atoms with Crippen LogP contribution in [-0.4, -0.2) is 64.8 Å². The van der Waals surface area contributed by atoms with E-state index in [2.05, 4.69) is 11.3 Å². The molecule has 0 aliphatic rings. The lowest BCUT2D eigenvalue weighted by atomic mass is 9.88. The summed E-state index contributed by atoms with van der Waals surface area (Å²) in [6.45, 7) is 2.63. The smallest absolute Gasteiger partial charge is 0.411 e. The summed E-state index contributed by atoms with van der Waals surface area (Å²) in [5, 5.41) is 8.05. The van der Waals surface area contributed by atoms with Crippen molar-refractivity contribution in [2.45, 2.75) is 60.6 Å². The molecule has 0 aromatic heterocycles. The molecule has 3 nitrogen and oxygen atoms in total. The van der Waals surface area contributed by atoms with E-state index in [0.717, 1.165) is 0 Å². The average molecular weight is 552 g/mol. The van der Waals surface area contributed by atoms with Gasteiger partial charge in [-0.1, -0.05) is 6.58 Å². The fourth-order valence-electron chi connectivity index (χ4n) is 1.70. The van der Waals surface area contributed by atoms with Crippen LogP contribution in [0, 0.1) is 0 Å². The van der Waals surface area contributed by atoms with Gasteiger partial charge in [0.2, 0.25) is 0 Å². The van der Waals surface area contributed by atoms with Gasteiger partial charge in [-0.3, -0.25) is 0 Å². The fourth-order valence-corrected chi connectivity index (χ4v) is 1.70. The molecule has 0 aliphatic heterocycles. The number of esters is 1. The molecule has 0 saturated heterocycles. The zero-order valence-electron chi connectivity index (χ0n) is 15.3. The fraction of sp³-hybridized carbons (Fsp3) is 0.769. The van der Waals surface area contributed by atoms with Gasteiger partial charge >= 0.3 is 59.6 Å². The number of carbonyl (C=O) groups is 1. The molecule has 0 aromatic rings. The van der Waals surface area contributed by atoms with Crippen molar-refractivity contribution < 1.29 is 93.7 Å². The molecule has 0 rings (SSSR count). The van der Waals surface area contributed by atoms with E-state index in [4.69, 9.17) is 5.11 Å². The molecule has 34 heavy (non-hydrogen) atoms. The molecule has 0 aliphatic carbocycles. The predicted molar refractivity (Wildman–Crippen MR) is 67.6 cm³/mol. The van der Waals surface area contributed by atoms with Gasteiger partial charge in [-0.05, 0) is 6.92 Å². The lowest BCUT2D eigenvalue weighted by Crippen LogP contribution is -2.77.